The van der Waals surface area contributed by atoms with Gasteiger partial charge in [0.2, 0.25) is 5.88 Å². The van der Waals surface area contributed by atoms with E-state index in [0.717, 1.165) is 5.75 Å². The topological polar surface area (TPSA) is 141 Å². The quantitative estimate of drug-likeness (QED) is 0.297. The molecule has 0 aliphatic rings. The minimum absolute atomic E-state index is 0.101. The minimum Gasteiger partial charge on any atom is -0.497 e. The standard InChI is InChI=1S/C26H27NO7.C2HF3O2/c1-17(16-32-19-8-6-5-7-9-19)33-23-13-10-18(15-27-23)24(28)21-12-11-20(31-4)14-22(21)34-26(2,3)25(29)30;3-2(4,5)1(6)7/h5-15,17H,16H2,1-4H3,(H,29,30);(H,6,7). The molecule has 0 amide bonds. The van der Waals surface area contributed by atoms with E-state index in [9.17, 15) is 27.9 Å². The lowest BCUT2D eigenvalue weighted by atomic mass is 10.0. The third kappa shape index (κ3) is 10.0. The van der Waals surface area contributed by atoms with E-state index in [2.05, 4.69) is 4.98 Å². The van der Waals surface area contributed by atoms with Gasteiger partial charge in [-0.3, -0.25) is 4.79 Å². The van der Waals surface area contributed by atoms with E-state index in [4.69, 9.17) is 28.8 Å². The number of aliphatic carboxylic acids is 2. The van der Waals surface area contributed by atoms with Gasteiger partial charge in [0.1, 0.15) is 30.0 Å². The number of benzene rings is 2. The maximum Gasteiger partial charge on any atom is 0.490 e. The van der Waals surface area contributed by atoms with E-state index in [1.807, 2.05) is 37.3 Å². The van der Waals surface area contributed by atoms with Crippen LogP contribution in [-0.2, 0) is 9.59 Å². The summed E-state index contributed by atoms with van der Waals surface area (Å²) in [7, 11) is 1.47. The fraction of sp³-hybridized carbons (Fsp3) is 0.286. The van der Waals surface area contributed by atoms with Crippen LogP contribution in [0.1, 0.15) is 36.7 Å². The number of para-hydroxylation sites is 1. The number of ether oxygens (including phenoxy) is 4. The number of hydrogen-bond donors (Lipinski definition) is 2. The van der Waals surface area contributed by atoms with E-state index in [1.54, 1.807) is 18.2 Å². The number of aromatic nitrogens is 1. The smallest absolute Gasteiger partial charge is 0.490 e. The number of alkyl halides is 3. The summed E-state index contributed by atoms with van der Waals surface area (Å²) in [5.74, 6) is -2.67. The lowest BCUT2D eigenvalue weighted by Crippen LogP contribution is -2.38. The van der Waals surface area contributed by atoms with Crippen LogP contribution in [0.4, 0.5) is 13.2 Å². The summed E-state index contributed by atoms with van der Waals surface area (Å²) in [5.41, 5.74) is -1.06. The number of hydrogen-bond acceptors (Lipinski definition) is 8. The van der Waals surface area contributed by atoms with E-state index in [1.165, 1.54) is 39.3 Å². The van der Waals surface area contributed by atoms with Crippen molar-refractivity contribution in [2.75, 3.05) is 13.7 Å². The number of carboxylic acid groups (broad SMARTS) is 2. The van der Waals surface area contributed by atoms with E-state index in [0.29, 0.717) is 23.8 Å². The van der Waals surface area contributed by atoms with Gasteiger partial charge < -0.3 is 29.2 Å². The molecule has 2 N–H and O–H groups in total. The molecule has 1 aromatic heterocycles. The molecule has 0 bridgehead atoms. The number of ketones is 1. The summed E-state index contributed by atoms with van der Waals surface area (Å²) in [6, 6.07) is 17.2. The van der Waals surface area contributed by atoms with Crippen molar-refractivity contribution in [2.45, 2.75) is 38.7 Å². The number of carbonyl (C=O) groups excluding carboxylic acids is 1. The summed E-state index contributed by atoms with van der Waals surface area (Å²) >= 11 is 0. The lowest BCUT2D eigenvalue weighted by Gasteiger charge is -2.23. The number of rotatable bonds is 11. The minimum atomic E-state index is -5.08. The average Bonchev–Trinajstić information content (AvgIpc) is 2.92. The predicted octanol–water partition coefficient (Wildman–Crippen LogP) is 5.04. The van der Waals surface area contributed by atoms with Crippen molar-refractivity contribution in [1.82, 2.24) is 4.98 Å². The van der Waals surface area contributed by atoms with Crippen LogP contribution < -0.4 is 18.9 Å². The Kier molecular flexibility index (Phi) is 11.1. The first-order valence-corrected chi connectivity index (χ1v) is 11.9. The molecule has 0 fully saturated rings. The molecule has 1 unspecified atom stereocenters. The van der Waals surface area contributed by atoms with Crippen LogP contribution >= 0.6 is 0 Å². The van der Waals surface area contributed by atoms with Crippen LogP contribution in [0.25, 0.3) is 0 Å². The second kappa shape index (κ2) is 14.0. The zero-order valence-electron chi connectivity index (χ0n) is 22.5. The Balaban J connectivity index is 0.000000745. The fourth-order valence-electron chi connectivity index (χ4n) is 2.93. The van der Waals surface area contributed by atoms with Crippen LogP contribution in [0.2, 0.25) is 0 Å². The van der Waals surface area contributed by atoms with Crippen LogP contribution in [0, 0.1) is 0 Å². The maximum absolute atomic E-state index is 13.1. The number of carbonyl (C=O) groups is 3. The van der Waals surface area contributed by atoms with Crippen LogP contribution in [0.3, 0.4) is 0 Å². The van der Waals surface area contributed by atoms with Crippen molar-refractivity contribution in [2.24, 2.45) is 0 Å². The Morgan fingerprint density at radius 1 is 0.927 bits per heavy atom. The molecule has 13 heteroatoms. The first kappa shape index (κ1) is 32.4. The third-order valence-electron chi connectivity index (χ3n) is 5.10. The van der Waals surface area contributed by atoms with Gasteiger partial charge in [0.25, 0.3) is 0 Å². The van der Waals surface area contributed by atoms with Crippen molar-refractivity contribution in [3.63, 3.8) is 0 Å². The van der Waals surface area contributed by atoms with Gasteiger partial charge >= 0.3 is 18.1 Å². The summed E-state index contributed by atoms with van der Waals surface area (Å²) in [5, 5.41) is 16.5. The number of nitrogens with zero attached hydrogens (tertiary/aromatic N) is 1. The molecule has 0 aliphatic carbocycles. The second-order valence-corrected chi connectivity index (χ2v) is 8.85. The first-order chi connectivity index (χ1) is 19.1. The zero-order valence-corrected chi connectivity index (χ0v) is 22.5. The zero-order chi connectivity index (χ0) is 30.8. The number of methoxy groups -OCH3 is 1. The van der Waals surface area contributed by atoms with Crippen LogP contribution in [0.15, 0.2) is 66.9 Å². The molecule has 10 nitrogen and oxygen atoms in total. The molecule has 0 radical (unpaired) electrons. The fourth-order valence-corrected chi connectivity index (χ4v) is 2.93. The molecule has 220 valence electrons. The van der Waals surface area contributed by atoms with Gasteiger partial charge in [0.15, 0.2) is 11.4 Å². The number of halogens is 3. The highest BCUT2D eigenvalue weighted by molar-refractivity contribution is 6.10. The van der Waals surface area contributed by atoms with Crippen LogP contribution in [0.5, 0.6) is 23.1 Å². The molecule has 0 spiro atoms. The van der Waals surface area contributed by atoms with Gasteiger partial charge in [-0.1, -0.05) is 18.2 Å². The summed E-state index contributed by atoms with van der Waals surface area (Å²) < 4.78 is 54.0. The normalized spacial score (nSPS) is 11.8. The first-order valence-electron chi connectivity index (χ1n) is 11.9. The van der Waals surface area contributed by atoms with E-state index >= 15 is 0 Å². The Hall–Kier alpha value is -4.81. The SMILES string of the molecule is COc1ccc(C(=O)c2ccc(OC(C)COc3ccccc3)nc2)c(OC(C)(C)C(=O)O)c1.O=C(O)C(F)(F)F. The highest BCUT2D eigenvalue weighted by atomic mass is 19.4. The van der Waals surface area contributed by atoms with E-state index < -0.39 is 23.7 Å². The third-order valence-corrected chi connectivity index (χ3v) is 5.10. The van der Waals surface area contributed by atoms with Crippen molar-refractivity contribution in [3.8, 4) is 23.1 Å². The number of pyridine rings is 1. The maximum atomic E-state index is 13.1. The summed E-state index contributed by atoms with van der Waals surface area (Å²) in [6.45, 7) is 4.99. The van der Waals surface area contributed by atoms with Gasteiger partial charge in [0.05, 0.1) is 12.7 Å². The van der Waals surface area contributed by atoms with Gasteiger partial charge in [-0.2, -0.15) is 13.2 Å². The van der Waals surface area contributed by atoms with Gasteiger partial charge in [-0.25, -0.2) is 14.6 Å². The molecule has 0 aliphatic heterocycles. The molecule has 1 atom stereocenters. The van der Waals surface area contributed by atoms with Crippen molar-refractivity contribution < 1.29 is 56.7 Å². The van der Waals surface area contributed by atoms with Gasteiger partial charge in [-0.05, 0) is 51.1 Å². The molecule has 2 aromatic carbocycles. The van der Waals surface area contributed by atoms with Gasteiger partial charge in [0, 0.05) is 23.9 Å². The molecule has 3 aromatic rings. The number of carboxylic acids is 2. The molecule has 41 heavy (non-hydrogen) atoms. The largest absolute Gasteiger partial charge is 0.497 e. The molecule has 0 saturated carbocycles. The monoisotopic (exact) mass is 579 g/mol. The summed E-state index contributed by atoms with van der Waals surface area (Å²) in [6.07, 6.45) is -3.95. The Morgan fingerprint density at radius 3 is 2.07 bits per heavy atom. The Morgan fingerprint density at radius 2 is 1.56 bits per heavy atom. The summed E-state index contributed by atoms with van der Waals surface area (Å²) in [4.78, 5) is 37.8. The average molecular weight is 580 g/mol. The molecule has 3 rings (SSSR count). The molecule has 0 saturated heterocycles. The second-order valence-electron chi connectivity index (χ2n) is 8.85. The highest BCUT2D eigenvalue weighted by Gasteiger charge is 2.38. The van der Waals surface area contributed by atoms with Crippen molar-refractivity contribution >= 4 is 17.7 Å². The molecular formula is C28H28F3NO9. The predicted molar refractivity (Wildman–Crippen MR) is 139 cm³/mol. The Labute approximate surface area is 233 Å². The van der Waals surface area contributed by atoms with Crippen molar-refractivity contribution in [1.29, 1.82) is 0 Å². The van der Waals surface area contributed by atoms with Crippen molar-refractivity contribution in [3.05, 3.63) is 78.0 Å². The molecular weight excluding hydrogens is 551 g/mol. The highest BCUT2D eigenvalue weighted by Crippen LogP contribution is 2.30. The van der Waals surface area contributed by atoms with Gasteiger partial charge in [-0.15, -0.1) is 0 Å². The lowest BCUT2D eigenvalue weighted by molar-refractivity contribution is -0.192. The Bertz CT molecular complexity index is 1330. The van der Waals surface area contributed by atoms with Crippen LogP contribution in [-0.4, -0.2) is 64.5 Å². The molecule has 1 heterocycles. The van der Waals surface area contributed by atoms with E-state index in [-0.39, 0.29) is 23.2 Å².